The summed E-state index contributed by atoms with van der Waals surface area (Å²) in [6.45, 7) is 1.97. The summed E-state index contributed by atoms with van der Waals surface area (Å²) in [5.74, 6) is 1.63. The number of nitrogens with zero attached hydrogens (tertiary/aromatic N) is 2. The molecule has 1 aliphatic rings. The average Bonchev–Trinajstić information content (AvgIpc) is 2.25. The fraction of sp³-hybridized carbons (Fsp3) is 0.909. The molecule has 0 unspecified atom stereocenters. The van der Waals surface area contributed by atoms with Crippen molar-refractivity contribution >= 4 is 17.7 Å². The first-order chi connectivity index (χ1) is 7.59. The van der Waals surface area contributed by atoms with Crippen molar-refractivity contribution in [2.24, 2.45) is 0 Å². The van der Waals surface area contributed by atoms with Crippen molar-refractivity contribution < 1.29 is 9.90 Å². The lowest BCUT2D eigenvalue weighted by Crippen LogP contribution is -2.44. The molecule has 0 radical (unpaired) electrons. The van der Waals surface area contributed by atoms with Crippen LogP contribution in [0, 0.1) is 0 Å². The van der Waals surface area contributed by atoms with Gasteiger partial charge in [0.05, 0.1) is 6.54 Å². The molecule has 4 nitrogen and oxygen atoms in total. The van der Waals surface area contributed by atoms with E-state index < -0.39 is 5.97 Å². The summed E-state index contributed by atoms with van der Waals surface area (Å²) in [7, 11) is 4.05. The van der Waals surface area contributed by atoms with E-state index in [4.69, 9.17) is 5.11 Å². The van der Waals surface area contributed by atoms with E-state index in [1.54, 1.807) is 0 Å². The van der Waals surface area contributed by atoms with Crippen LogP contribution in [0.5, 0.6) is 0 Å². The van der Waals surface area contributed by atoms with Gasteiger partial charge in [-0.3, -0.25) is 9.69 Å². The van der Waals surface area contributed by atoms with E-state index in [0.717, 1.165) is 25.9 Å². The summed E-state index contributed by atoms with van der Waals surface area (Å²) in [6, 6.07) is 0.470. The molecule has 0 aromatic heterocycles. The van der Waals surface area contributed by atoms with Gasteiger partial charge in [-0.05, 0) is 38.4 Å². The molecule has 16 heavy (non-hydrogen) atoms. The minimum atomic E-state index is -0.711. The quantitative estimate of drug-likeness (QED) is 0.752. The van der Waals surface area contributed by atoms with Gasteiger partial charge in [0.15, 0.2) is 0 Å². The Labute approximate surface area is 102 Å². The summed E-state index contributed by atoms with van der Waals surface area (Å²) in [5, 5.41) is 8.92. The first-order valence-corrected chi connectivity index (χ1v) is 6.93. The van der Waals surface area contributed by atoms with Crippen molar-refractivity contribution in [1.82, 2.24) is 9.80 Å². The van der Waals surface area contributed by atoms with Gasteiger partial charge in [-0.15, -0.1) is 0 Å². The predicted octanol–water partition coefficient (Wildman–Crippen LogP) is 0.830. The summed E-state index contributed by atoms with van der Waals surface area (Å²) < 4.78 is 0. The van der Waals surface area contributed by atoms with E-state index in [1.807, 2.05) is 25.9 Å². The minimum Gasteiger partial charge on any atom is -0.480 e. The highest BCUT2D eigenvalue weighted by Gasteiger charge is 2.22. The normalized spacial score (nSPS) is 18.2. The first kappa shape index (κ1) is 13.8. The van der Waals surface area contributed by atoms with Crippen LogP contribution >= 0.6 is 11.8 Å². The van der Waals surface area contributed by atoms with E-state index in [1.165, 1.54) is 11.5 Å². The number of hydrogen-bond acceptors (Lipinski definition) is 4. The van der Waals surface area contributed by atoms with E-state index in [0.29, 0.717) is 6.04 Å². The van der Waals surface area contributed by atoms with Crippen molar-refractivity contribution in [3.8, 4) is 0 Å². The van der Waals surface area contributed by atoms with Crippen LogP contribution in [0.15, 0.2) is 0 Å². The minimum absolute atomic E-state index is 0.184. The molecule has 1 heterocycles. The number of thioether (sulfide) groups is 1. The van der Waals surface area contributed by atoms with E-state index in [-0.39, 0.29) is 6.54 Å². The molecule has 1 N–H and O–H groups in total. The smallest absolute Gasteiger partial charge is 0.317 e. The van der Waals surface area contributed by atoms with Gasteiger partial charge in [0.2, 0.25) is 0 Å². The highest BCUT2D eigenvalue weighted by atomic mass is 32.2. The molecule has 0 atom stereocenters. The molecule has 0 aromatic rings. The molecule has 0 saturated carbocycles. The van der Waals surface area contributed by atoms with Crippen molar-refractivity contribution in [3.63, 3.8) is 0 Å². The Morgan fingerprint density at radius 2 is 1.94 bits per heavy atom. The number of likely N-dealkylation sites (N-methyl/N-ethyl adjacent to an activating group) is 1. The molecule has 5 heteroatoms. The predicted molar refractivity (Wildman–Crippen MR) is 68.1 cm³/mol. The molecule has 0 bridgehead atoms. The first-order valence-electron chi connectivity index (χ1n) is 5.78. The van der Waals surface area contributed by atoms with Gasteiger partial charge in [-0.25, -0.2) is 0 Å². The Bertz CT molecular complexity index is 218. The molecule has 1 fully saturated rings. The second-order valence-electron chi connectivity index (χ2n) is 4.51. The van der Waals surface area contributed by atoms with Gasteiger partial charge in [0, 0.05) is 19.1 Å². The van der Waals surface area contributed by atoms with E-state index >= 15 is 0 Å². The van der Waals surface area contributed by atoms with Crippen LogP contribution in [0.1, 0.15) is 12.8 Å². The zero-order valence-corrected chi connectivity index (χ0v) is 11.0. The summed E-state index contributed by atoms with van der Waals surface area (Å²) in [6.07, 6.45) is 2.26. The molecule has 0 amide bonds. The van der Waals surface area contributed by atoms with Gasteiger partial charge >= 0.3 is 5.97 Å². The van der Waals surface area contributed by atoms with Crippen molar-refractivity contribution in [3.05, 3.63) is 0 Å². The summed E-state index contributed by atoms with van der Waals surface area (Å²) in [5.41, 5.74) is 0. The third kappa shape index (κ3) is 5.18. The lowest BCUT2D eigenvalue weighted by molar-refractivity contribution is -0.139. The molecule has 0 aliphatic carbocycles. The lowest BCUT2D eigenvalue weighted by Gasteiger charge is -2.33. The van der Waals surface area contributed by atoms with Gasteiger partial charge in [0.25, 0.3) is 0 Å². The largest absolute Gasteiger partial charge is 0.480 e. The number of rotatable bonds is 6. The van der Waals surface area contributed by atoms with Gasteiger partial charge in [0.1, 0.15) is 0 Å². The molecule has 1 aliphatic heterocycles. The van der Waals surface area contributed by atoms with E-state index in [2.05, 4.69) is 9.80 Å². The number of carbonyl (C=O) groups is 1. The Morgan fingerprint density at radius 1 is 1.31 bits per heavy atom. The molecular weight excluding hydrogens is 224 g/mol. The molecule has 1 rings (SSSR count). The SMILES string of the molecule is CN(C)CCN(CC(=O)O)C1CCSCC1. The standard InChI is InChI=1S/C11H22N2O2S/c1-12(2)5-6-13(9-11(14)15)10-3-7-16-8-4-10/h10H,3-9H2,1-2H3,(H,14,15). The fourth-order valence-corrected chi connectivity index (χ4v) is 3.02. The van der Waals surface area contributed by atoms with Crippen LogP contribution in [0.25, 0.3) is 0 Å². The topological polar surface area (TPSA) is 43.8 Å². The fourth-order valence-electron chi connectivity index (χ4n) is 1.94. The van der Waals surface area contributed by atoms with Crippen molar-refractivity contribution in [2.45, 2.75) is 18.9 Å². The van der Waals surface area contributed by atoms with Crippen LogP contribution in [0.2, 0.25) is 0 Å². The molecular formula is C11H22N2O2S. The van der Waals surface area contributed by atoms with Gasteiger partial charge in [-0.1, -0.05) is 0 Å². The molecule has 94 valence electrons. The van der Waals surface area contributed by atoms with Crippen LogP contribution in [0.3, 0.4) is 0 Å². The lowest BCUT2D eigenvalue weighted by atomic mass is 10.1. The Balaban J connectivity index is 2.44. The van der Waals surface area contributed by atoms with Crippen LogP contribution in [0.4, 0.5) is 0 Å². The molecule has 1 saturated heterocycles. The van der Waals surface area contributed by atoms with Gasteiger partial charge < -0.3 is 10.0 Å². The number of carboxylic acids is 1. The Morgan fingerprint density at radius 3 is 2.44 bits per heavy atom. The highest BCUT2D eigenvalue weighted by Crippen LogP contribution is 2.21. The maximum absolute atomic E-state index is 10.8. The second kappa shape index (κ2) is 7.14. The van der Waals surface area contributed by atoms with Crippen LogP contribution < -0.4 is 0 Å². The van der Waals surface area contributed by atoms with Crippen LogP contribution in [-0.4, -0.2) is 72.2 Å². The summed E-state index contributed by atoms with van der Waals surface area (Å²) in [4.78, 5) is 15.1. The van der Waals surface area contributed by atoms with Gasteiger partial charge in [-0.2, -0.15) is 11.8 Å². The van der Waals surface area contributed by atoms with Crippen molar-refractivity contribution in [2.75, 3.05) is 45.2 Å². The second-order valence-corrected chi connectivity index (χ2v) is 5.74. The third-order valence-corrected chi connectivity index (χ3v) is 3.93. The zero-order valence-electron chi connectivity index (χ0n) is 10.2. The Hall–Kier alpha value is -0.260. The maximum atomic E-state index is 10.8. The maximum Gasteiger partial charge on any atom is 0.317 e. The van der Waals surface area contributed by atoms with Crippen LogP contribution in [-0.2, 0) is 4.79 Å². The number of aliphatic carboxylic acids is 1. The zero-order chi connectivity index (χ0) is 12.0. The van der Waals surface area contributed by atoms with E-state index in [9.17, 15) is 4.79 Å². The monoisotopic (exact) mass is 246 g/mol. The average molecular weight is 246 g/mol. The summed E-state index contributed by atoms with van der Waals surface area (Å²) >= 11 is 1.97. The Kier molecular flexibility index (Phi) is 6.16. The molecule has 0 aromatic carbocycles. The number of carboxylic acid groups (broad SMARTS) is 1. The number of hydrogen-bond donors (Lipinski definition) is 1. The third-order valence-electron chi connectivity index (χ3n) is 2.88. The highest BCUT2D eigenvalue weighted by molar-refractivity contribution is 7.99. The van der Waals surface area contributed by atoms with Crippen molar-refractivity contribution in [1.29, 1.82) is 0 Å². The molecule has 0 spiro atoms.